The Morgan fingerprint density at radius 3 is 2.38 bits per heavy atom. The number of hydrogen-bond acceptors (Lipinski definition) is 4. The summed E-state index contributed by atoms with van der Waals surface area (Å²) in [6.07, 6.45) is 3.50. The molecule has 136 valence electrons. The first-order valence-electron chi connectivity index (χ1n) is 7.97. The molecule has 24 heavy (non-hydrogen) atoms. The Kier molecular flexibility index (Phi) is 7.66. The van der Waals surface area contributed by atoms with Crippen molar-refractivity contribution in [3.05, 3.63) is 24.3 Å². The molecule has 1 aromatic rings. The first kappa shape index (κ1) is 20.9. The van der Waals surface area contributed by atoms with Gasteiger partial charge >= 0.3 is 0 Å². The molecule has 1 aliphatic carbocycles. The molecule has 1 aliphatic rings. The molecule has 0 aliphatic heterocycles. The molecule has 0 heterocycles. The summed E-state index contributed by atoms with van der Waals surface area (Å²) in [7, 11) is -3.51. The summed E-state index contributed by atoms with van der Waals surface area (Å²) in [4.78, 5) is 12.4. The maximum Gasteiger partial charge on any atom is 0.240 e. The van der Waals surface area contributed by atoms with Crippen LogP contribution in [0.2, 0.25) is 0 Å². The summed E-state index contributed by atoms with van der Waals surface area (Å²) in [6.45, 7) is 3.53. The van der Waals surface area contributed by atoms with Gasteiger partial charge in [0.1, 0.15) is 0 Å². The van der Waals surface area contributed by atoms with Crippen molar-refractivity contribution in [2.45, 2.75) is 56.5 Å². The number of carbonyl (C=O) groups excluding carboxylic acids is 1. The van der Waals surface area contributed by atoms with Crippen molar-refractivity contribution in [2.75, 3.05) is 5.32 Å². The van der Waals surface area contributed by atoms with E-state index in [9.17, 15) is 13.2 Å². The van der Waals surface area contributed by atoms with Crippen LogP contribution in [0.4, 0.5) is 5.69 Å². The van der Waals surface area contributed by atoms with Crippen molar-refractivity contribution in [2.24, 2.45) is 11.7 Å². The molecule has 1 amide bonds. The van der Waals surface area contributed by atoms with Crippen LogP contribution in [0.15, 0.2) is 29.2 Å². The zero-order valence-electron chi connectivity index (χ0n) is 14.0. The number of sulfonamides is 1. The van der Waals surface area contributed by atoms with Gasteiger partial charge in [0.2, 0.25) is 15.9 Å². The predicted molar refractivity (Wildman–Crippen MR) is 97.7 cm³/mol. The Hall–Kier alpha value is -1.15. The van der Waals surface area contributed by atoms with Crippen LogP contribution in [0.3, 0.4) is 0 Å². The second-order valence-electron chi connectivity index (χ2n) is 6.41. The number of anilines is 1. The summed E-state index contributed by atoms with van der Waals surface area (Å²) in [5, 5.41) is 2.84. The van der Waals surface area contributed by atoms with E-state index in [2.05, 4.69) is 10.0 Å². The number of hydrogen-bond donors (Lipinski definition) is 3. The normalized spacial score (nSPS) is 21.2. The van der Waals surface area contributed by atoms with Gasteiger partial charge in [0.05, 0.1) is 4.90 Å². The quantitative estimate of drug-likeness (QED) is 0.734. The molecule has 0 spiro atoms. The number of rotatable bonds is 5. The molecule has 4 N–H and O–H groups in total. The second-order valence-corrected chi connectivity index (χ2v) is 8.13. The Morgan fingerprint density at radius 2 is 1.83 bits per heavy atom. The van der Waals surface area contributed by atoms with Crippen LogP contribution in [0.5, 0.6) is 0 Å². The molecule has 6 nitrogen and oxygen atoms in total. The van der Waals surface area contributed by atoms with Gasteiger partial charge in [-0.1, -0.05) is 6.42 Å². The number of nitrogens with one attached hydrogen (secondary N) is 2. The van der Waals surface area contributed by atoms with Crippen LogP contribution in [-0.2, 0) is 14.8 Å². The lowest BCUT2D eigenvalue weighted by Gasteiger charge is -2.25. The molecule has 8 heteroatoms. The minimum atomic E-state index is -3.51. The molecule has 2 rings (SSSR count). The third-order valence-electron chi connectivity index (χ3n) is 3.91. The SMILES string of the molecule is CC(C)NS(=O)(=O)c1ccc(NC(=O)C2CCCC(N)C2)cc1.Cl. The Balaban J connectivity index is 0.00000288. The zero-order valence-corrected chi connectivity index (χ0v) is 15.6. The lowest BCUT2D eigenvalue weighted by Crippen LogP contribution is -2.34. The summed E-state index contributed by atoms with van der Waals surface area (Å²) >= 11 is 0. The Morgan fingerprint density at radius 1 is 1.21 bits per heavy atom. The number of carbonyl (C=O) groups is 1. The van der Waals surface area contributed by atoms with E-state index in [4.69, 9.17) is 5.73 Å². The van der Waals surface area contributed by atoms with E-state index in [0.29, 0.717) is 12.1 Å². The first-order chi connectivity index (χ1) is 10.8. The van der Waals surface area contributed by atoms with Gasteiger partial charge in [0.15, 0.2) is 0 Å². The third kappa shape index (κ3) is 5.73. The van der Waals surface area contributed by atoms with Crippen molar-refractivity contribution >= 4 is 34.0 Å². The average Bonchev–Trinajstić information content (AvgIpc) is 2.46. The predicted octanol–water partition coefficient (Wildman–Crippen LogP) is 2.25. The largest absolute Gasteiger partial charge is 0.328 e. The fourth-order valence-electron chi connectivity index (χ4n) is 2.81. The molecule has 1 saturated carbocycles. The molecular weight excluding hydrogens is 350 g/mol. The number of halogens is 1. The molecule has 0 radical (unpaired) electrons. The van der Waals surface area contributed by atoms with Crippen LogP contribution in [-0.4, -0.2) is 26.4 Å². The van der Waals surface area contributed by atoms with Gasteiger partial charge in [-0.2, -0.15) is 0 Å². The van der Waals surface area contributed by atoms with Gasteiger partial charge < -0.3 is 11.1 Å². The minimum absolute atomic E-state index is 0. The number of benzene rings is 1. The summed E-state index contributed by atoms with van der Waals surface area (Å²) in [5.74, 6) is -0.110. The fourth-order valence-corrected chi connectivity index (χ4v) is 4.06. The highest BCUT2D eigenvalue weighted by Crippen LogP contribution is 2.24. The van der Waals surface area contributed by atoms with Gasteiger partial charge in [0, 0.05) is 23.7 Å². The maximum atomic E-state index is 12.2. The van der Waals surface area contributed by atoms with Crippen LogP contribution in [0.1, 0.15) is 39.5 Å². The zero-order chi connectivity index (χ0) is 17.0. The lowest BCUT2D eigenvalue weighted by atomic mass is 9.85. The van der Waals surface area contributed by atoms with Crippen molar-refractivity contribution < 1.29 is 13.2 Å². The van der Waals surface area contributed by atoms with E-state index in [0.717, 1.165) is 19.3 Å². The third-order valence-corrected chi connectivity index (χ3v) is 5.58. The fraction of sp³-hybridized carbons (Fsp3) is 0.562. The van der Waals surface area contributed by atoms with Gasteiger partial charge in [-0.05, 0) is 57.4 Å². The average molecular weight is 376 g/mol. The Labute approximate surface area is 150 Å². The second kappa shape index (κ2) is 8.80. The van der Waals surface area contributed by atoms with Crippen molar-refractivity contribution in [1.82, 2.24) is 4.72 Å². The van der Waals surface area contributed by atoms with Gasteiger partial charge in [-0.3, -0.25) is 4.79 Å². The molecule has 1 fully saturated rings. The number of nitrogens with two attached hydrogens (primary N) is 1. The minimum Gasteiger partial charge on any atom is -0.328 e. The highest BCUT2D eigenvalue weighted by molar-refractivity contribution is 7.89. The highest BCUT2D eigenvalue weighted by Gasteiger charge is 2.25. The van der Waals surface area contributed by atoms with E-state index in [1.165, 1.54) is 12.1 Å². The molecule has 2 atom stereocenters. The highest BCUT2D eigenvalue weighted by atomic mass is 35.5. The van der Waals surface area contributed by atoms with E-state index in [1.54, 1.807) is 26.0 Å². The van der Waals surface area contributed by atoms with E-state index in [1.807, 2.05) is 0 Å². The molecule has 0 bridgehead atoms. The van der Waals surface area contributed by atoms with Crippen molar-refractivity contribution in [1.29, 1.82) is 0 Å². The topological polar surface area (TPSA) is 101 Å². The summed E-state index contributed by atoms with van der Waals surface area (Å²) in [6, 6.07) is 6.12. The maximum absolute atomic E-state index is 12.2. The first-order valence-corrected chi connectivity index (χ1v) is 9.45. The summed E-state index contributed by atoms with van der Waals surface area (Å²) in [5.41, 5.74) is 6.51. The smallest absolute Gasteiger partial charge is 0.240 e. The van der Waals surface area contributed by atoms with E-state index >= 15 is 0 Å². The van der Waals surface area contributed by atoms with Crippen LogP contribution in [0.25, 0.3) is 0 Å². The number of amides is 1. The monoisotopic (exact) mass is 375 g/mol. The van der Waals surface area contributed by atoms with Crippen LogP contribution >= 0.6 is 12.4 Å². The molecule has 2 unspecified atom stereocenters. The molecule has 1 aromatic carbocycles. The van der Waals surface area contributed by atoms with Gasteiger partial charge in [0.25, 0.3) is 0 Å². The molecule has 0 aromatic heterocycles. The van der Waals surface area contributed by atoms with Crippen LogP contribution < -0.4 is 15.8 Å². The van der Waals surface area contributed by atoms with Gasteiger partial charge in [-0.15, -0.1) is 12.4 Å². The van der Waals surface area contributed by atoms with Crippen LogP contribution in [0, 0.1) is 5.92 Å². The van der Waals surface area contributed by atoms with Crippen molar-refractivity contribution in [3.63, 3.8) is 0 Å². The van der Waals surface area contributed by atoms with Crippen molar-refractivity contribution in [3.8, 4) is 0 Å². The van der Waals surface area contributed by atoms with E-state index < -0.39 is 10.0 Å². The lowest BCUT2D eigenvalue weighted by molar-refractivity contribution is -0.120. The van der Waals surface area contributed by atoms with Gasteiger partial charge in [-0.25, -0.2) is 13.1 Å². The summed E-state index contributed by atoms with van der Waals surface area (Å²) < 4.78 is 26.6. The molecular formula is C16H26ClN3O3S. The molecule has 0 saturated heterocycles. The Bertz CT molecular complexity index is 647. The van der Waals surface area contributed by atoms with E-state index in [-0.39, 0.29) is 41.2 Å². The standard InChI is InChI=1S/C16H25N3O3S.ClH/c1-11(2)19-23(21,22)15-8-6-14(7-9-15)18-16(20)12-4-3-5-13(17)10-12;/h6-9,11-13,19H,3-5,10,17H2,1-2H3,(H,18,20);1H.